The van der Waals surface area contributed by atoms with E-state index in [0.29, 0.717) is 17.5 Å². The number of aromatic nitrogens is 2. The van der Waals surface area contributed by atoms with E-state index in [4.69, 9.17) is 0 Å². The highest BCUT2D eigenvalue weighted by atomic mass is 35.5. The molecule has 7 heteroatoms. The summed E-state index contributed by atoms with van der Waals surface area (Å²) in [7, 11) is 0. The molecule has 2 aliphatic heterocycles. The maximum absolute atomic E-state index is 13.3. The van der Waals surface area contributed by atoms with Crippen molar-refractivity contribution in [2.24, 2.45) is 5.92 Å². The van der Waals surface area contributed by atoms with Gasteiger partial charge in [0.1, 0.15) is 5.82 Å². The normalized spacial score (nSPS) is 22.2. The zero-order chi connectivity index (χ0) is 20.7. The maximum Gasteiger partial charge on any atom is 0.416 e. The van der Waals surface area contributed by atoms with E-state index in [1.54, 1.807) is 6.07 Å². The summed E-state index contributed by atoms with van der Waals surface area (Å²) in [6.45, 7) is 3.14. The Balaban J connectivity index is 0.00000231. The van der Waals surface area contributed by atoms with Gasteiger partial charge in [0.25, 0.3) is 0 Å². The van der Waals surface area contributed by atoms with Gasteiger partial charge in [-0.2, -0.15) is 13.2 Å². The summed E-state index contributed by atoms with van der Waals surface area (Å²) >= 11 is 0. The van der Waals surface area contributed by atoms with Crippen molar-refractivity contribution in [3.63, 3.8) is 0 Å². The van der Waals surface area contributed by atoms with Gasteiger partial charge in [-0.1, -0.05) is 36.8 Å². The molecule has 2 atom stereocenters. The highest BCUT2D eigenvalue weighted by Gasteiger charge is 2.34. The topological polar surface area (TPSA) is 21.1 Å². The summed E-state index contributed by atoms with van der Waals surface area (Å²) in [5, 5.41) is 0. The Morgan fingerprint density at radius 1 is 0.935 bits per heavy atom. The van der Waals surface area contributed by atoms with Crippen molar-refractivity contribution in [1.29, 1.82) is 0 Å². The summed E-state index contributed by atoms with van der Waals surface area (Å²) in [4.78, 5) is 7.30. The Kier molecular flexibility index (Phi) is 6.31. The molecule has 0 amide bonds. The second-order valence-electron chi connectivity index (χ2n) is 8.61. The maximum atomic E-state index is 13.3. The molecule has 3 aromatic rings. The monoisotopic (exact) mass is 449 g/mol. The van der Waals surface area contributed by atoms with E-state index in [1.165, 1.54) is 50.9 Å². The number of imidazole rings is 1. The number of rotatable bonds is 3. The minimum absolute atomic E-state index is 0. The molecule has 2 saturated heterocycles. The molecule has 0 spiro atoms. The fraction of sp³-hybridized carbons (Fsp3) is 0.458. The van der Waals surface area contributed by atoms with Gasteiger partial charge < -0.3 is 9.47 Å². The van der Waals surface area contributed by atoms with Gasteiger partial charge in [-0.25, -0.2) is 4.98 Å². The van der Waals surface area contributed by atoms with Crippen LogP contribution in [0, 0.1) is 5.92 Å². The fourth-order valence-electron chi connectivity index (χ4n) is 5.32. The first-order chi connectivity index (χ1) is 14.5. The number of alkyl halides is 3. The van der Waals surface area contributed by atoms with E-state index in [0.717, 1.165) is 29.9 Å². The van der Waals surface area contributed by atoms with Gasteiger partial charge in [-0.15, -0.1) is 12.4 Å². The Labute approximate surface area is 186 Å². The lowest BCUT2D eigenvalue weighted by Crippen LogP contribution is -2.49. The summed E-state index contributed by atoms with van der Waals surface area (Å²) in [6, 6.07) is 14.3. The van der Waals surface area contributed by atoms with E-state index >= 15 is 0 Å². The molecule has 3 heterocycles. The number of nitrogens with zero attached hydrogens (tertiary/aromatic N) is 3. The van der Waals surface area contributed by atoms with Crippen LogP contribution >= 0.6 is 12.4 Å². The number of hydrogen-bond donors (Lipinski definition) is 0. The molecule has 1 aromatic heterocycles. The van der Waals surface area contributed by atoms with Crippen LogP contribution in [0.2, 0.25) is 0 Å². The third kappa shape index (κ3) is 4.33. The van der Waals surface area contributed by atoms with Gasteiger partial charge in [0.05, 0.1) is 16.6 Å². The Morgan fingerprint density at radius 3 is 2.48 bits per heavy atom. The van der Waals surface area contributed by atoms with E-state index in [9.17, 15) is 13.2 Å². The van der Waals surface area contributed by atoms with Crippen molar-refractivity contribution in [3.05, 3.63) is 54.1 Å². The summed E-state index contributed by atoms with van der Waals surface area (Å²) in [5.41, 5.74) is 1.50. The minimum Gasteiger partial charge on any atom is -0.324 e. The van der Waals surface area contributed by atoms with Gasteiger partial charge in [0, 0.05) is 18.2 Å². The summed E-state index contributed by atoms with van der Waals surface area (Å²) in [6.07, 6.45) is 1.74. The SMILES string of the molecule is Cl.FC(F)(F)c1ccc2c(c1)nc(-c1ccccc1)n2CC1CCCN2CCCCC12. The quantitative estimate of drug-likeness (QED) is 0.460. The fourth-order valence-corrected chi connectivity index (χ4v) is 5.32. The zero-order valence-electron chi connectivity index (χ0n) is 17.3. The van der Waals surface area contributed by atoms with Crippen LogP contribution in [0.4, 0.5) is 13.2 Å². The average molecular weight is 450 g/mol. The second-order valence-corrected chi connectivity index (χ2v) is 8.61. The van der Waals surface area contributed by atoms with Crippen LogP contribution < -0.4 is 0 Å². The van der Waals surface area contributed by atoms with Gasteiger partial charge in [0.2, 0.25) is 0 Å². The molecule has 0 N–H and O–H groups in total. The summed E-state index contributed by atoms with van der Waals surface area (Å²) in [5.74, 6) is 1.26. The molecule has 5 rings (SSSR count). The molecule has 2 aromatic carbocycles. The molecular weight excluding hydrogens is 423 g/mol. The van der Waals surface area contributed by atoms with Crippen molar-refractivity contribution >= 4 is 23.4 Å². The van der Waals surface area contributed by atoms with Crippen molar-refractivity contribution in [1.82, 2.24) is 14.5 Å². The standard InChI is InChI=1S/C24H26F3N3.ClH/c25-24(26,27)19-11-12-22-20(15-19)28-23(17-7-2-1-3-8-17)30(22)16-18-9-6-14-29-13-5-4-10-21(18)29;/h1-3,7-8,11-12,15,18,21H,4-6,9-10,13-14,16H2;1H. The molecule has 2 fully saturated rings. The van der Waals surface area contributed by atoms with Gasteiger partial charge in [-0.3, -0.25) is 0 Å². The molecule has 0 bridgehead atoms. The lowest BCUT2D eigenvalue weighted by molar-refractivity contribution is -0.137. The Morgan fingerprint density at radius 2 is 1.71 bits per heavy atom. The van der Waals surface area contributed by atoms with Crippen LogP contribution in [0.25, 0.3) is 22.4 Å². The number of fused-ring (bicyclic) bond motifs is 2. The van der Waals surface area contributed by atoms with Crippen molar-refractivity contribution in [2.45, 2.75) is 50.9 Å². The number of piperidine rings is 2. The summed E-state index contributed by atoms with van der Waals surface area (Å²) < 4.78 is 42.0. The van der Waals surface area contributed by atoms with Crippen LogP contribution in [0.5, 0.6) is 0 Å². The van der Waals surface area contributed by atoms with E-state index in [1.807, 2.05) is 30.3 Å². The Bertz CT molecular complexity index is 1030. The van der Waals surface area contributed by atoms with E-state index < -0.39 is 11.7 Å². The van der Waals surface area contributed by atoms with Crippen molar-refractivity contribution in [2.75, 3.05) is 13.1 Å². The zero-order valence-corrected chi connectivity index (χ0v) is 18.1. The molecule has 0 aliphatic carbocycles. The average Bonchev–Trinajstić information content (AvgIpc) is 3.12. The van der Waals surface area contributed by atoms with Crippen molar-refractivity contribution < 1.29 is 13.2 Å². The molecule has 166 valence electrons. The third-order valence-electron chi connectivity index (χ3n) is 6.75. The van der Waals surface area contributed by atoms with Gasteiger partial charge >= 0.3 is 6.18 Å². The first-order valence-corrected chi connectivity index (χ1v) is 10.9. The Hall–Kier alpha value is -2.05. The van der Waals surface area contributed by atoms with Crippen molar-refractivity contribution in [3.8, 4) is 11.4 Å². The first-order valence-electron chi connectivity index (χ1n) is 10.9. The van der Waals surface area contributed by atoms with Crippen LogP contribution in [0.3, 0.4) is 0 Å². The van der Waals surface area contributed by atoms with Crippen LogP contribution in [0.15, 0.2) is 48.5 Å². The highest BCUT2D eigenvalue weighted by molar-refractivity contribution is 5.85. The molecule has 0 saturated carbocycles. The third-order valence-corrected chi connectivity index (χ3v) is 6.75. The van der Waals surface area contributed by atoms with Crippen LogP contribution in [-0.2, 0) is 12.7 Å². The molecular formula is C24H27ClF3N3. The molecule has 2 aliphatic rings. The van der Waals surface area contributed by atoms with E-state index in [-0.39, 0.29) is 12.4 Å². The number of hydrogen-bond acceptors (Lipinski definition) is 2. The minimum atomic E-state index is -4.36. The van der Waals surface area contributed by atoms with Gasteiger partial charge in [-0.05, 0) is 62.9 Å². The molecule has 0 radical (unpaired) electrons. The second kappa shape index (κ2) is 8.83. The number of benzene rings is 2. The number of halogens is 4. The van der Waals surface area contributed by atoms with Crippen LogP contribution in [-0.4, -0.2) is 33.6 Å². The molecule has 31 heavy (non-hydrogen) atoms. The first kappa shape index (κ1) is 22.2. The van der Waals surface area contributed by atoms with Gasteiger partial charge in [0.15, 0.2) is 0 Å². The molecule has 3 nitrogen and oxygen atoms in total. The highest BCUT2D eigenvalue weighted by Crippen LogP contribution is 2.36. The lowest BCUT2D eigenvalue weighted by atomic mass is 9.83. The predicted molar refractivity (Wildman–Crippen MR) is 119 cm³/mol. The smallest absolute Gasteiger partial charge is 0.324 e. The predicted octanol–water partition coefficient (Wildman–Crippen LogP) is 6.41. The molecule has 2 unspecified atom stereocenters. The van der Waals surface area contributed by atoms with E-state index in [2.05, 4.69) is 14.5 Å². The largest absolute Gasteiger partial charge is 0.416 e. The van der Waals surface area contributed by atoms with Crippen LogP contribution in [0.1, 0.15) is 37.7 Å². The lowest BCUT2D eigenvalue weighted by Gasteiger charge is -2.44.